The lowest BCUT2D eigenvalue weighted by Gasteiger charge is -2.13. The van der Waals surface area contributed by atoms with E-state index in [-0.39, 0.29) is 0 Å². The number of hydrogen-bond acceptors (Lipinski definition) is 1. The lowest BCUT2D eigenvalue weighted by Crippen LogP contribution is -1.99. The topological polar surface area (TPSA) is 20.2 Å². The fourth-order valence-corrected chi connectivity index (χ4v) is 3.13. The summed E-state index contributed by atoms with van der Waals surface area (Å²) in [6.07, 6.45) is -0.607. The lowest BCUT2D eigenvalue weighted by molar-refractivity contribution is 0.220. The van der Waals surface area contributed by atoms with Crippen LogP contribution in [0.15, 0.2) is 78.9 Å². The lowest BCUT2D eigenvalue weighted by atomic mass is 9.96. The summed E-state index contributed by atoms with van der Waals surface area (Å²) in [5.41, 5.74) is 3.09. The van der Waals surface area contributed by atoms with E-state index in [0.29, 0.717) is 0 Å². The standard InChI is InChI=1S/C22H18O/c1-15-6-7-17-9-11-20(14-21(17)12-15)22(23)19-10-8-16-4-2-3-5-18(16)13-19/h2-14,22-23H,1H3. The van der Waals surface area contributed by atoms with Gasteiger partial charge in [0, 0.05) is 0 Å². The number of rotatable bonds is 2. The summed E-state index contributed by atoms with van der Waals surface area (Å²) in [5.74, 6) is 0. The molecule has 112 valence electrons. The van der Waals surface area contributed by atoms with E-state index >= 15 is 0 Å². The highest BCUT2D eigenvalue weighted by Crippen LogP contribution is 2.28. The predicted octanol–water partition coefficient (Wildman–Crippen LogP) is 5.38. The van der Waals surface area contributed by atoms with Crippen molar-refractivity contribution in [3.63, 3.8) is 0 Å². The molecule has 0 aliphatic carbocycles. The Morgan fingerprint density at radius 3 is 1.91 bits per heavy atom. The van der Waals surface area contributed by atoms with Crippen molar-refractivity contribution in [2.45, 2.75) is 13.0 Å². The first-order valence-electron chi connectivity index (χ1n) is 7.88. The molecule has 0 amide bonds. The van der Waals surface area contributed by atoms with Crippen LogP contribution in [0.2, 0.25) is 0 Å². The summed E-state index contributed by atoms with van der Waals surface area (Å²) in [5, 5.41) is 15.5. The van der Waals surface area contributed by atoms with E-state index in [2.05, 4.69) is 61.5 Å². The van der Waals surface area contributed by atoms with Gasteiger partial charge in [0.05, 0.1) is 0 Å². The Bertz CT molecular complexity index is 1000. The highest BCUT2D eigenvalue weighted by Gasteiger charge is 2.11. The molecule has 0 radical (unpaired) electrons. The van der Waals surface area contributed by atoms with Crippen LogP contribution in [0.5, 0.6) is 0 Å². The molecule has 0 spiro atoms. The van der Waals surface area contributed by atoms with E-state index in [9.17, 15) is 5.11 Å². The molecule has 0 bridgehead atoms. The van der Waals surface area contributed by atoms with Crippen molar-refractivity contribution in [2.24, 2.45) is 0 Å². The van der Waals surface area contributed by atoms with Gasteiger partial charge in [-0.3, -0.25) is 0 Å². The highest BCUT2D eigenvalue weighted by molar-refractivity contribution is 5.85. The van der Waals surface area contributed by atoms with E-state index in [4.69, 9.17) is 0 Å². The maximum absolute atomic E-state index is 10.8. The van der Waals surface area contributed by atoms with Gasteiger partial charge < -0.3 is 5.11 Å². The second kappa shape index (κ2) is 5.53. The van der Waals surface area contributed by atoms with Crippen LogP contribution in [0, 0.1) is 6.92 Å². The van der Waals surface area contributed by atoms with Gasteiger partial charge in [-0.2, -0.15) is 0 Å². The molecule has 4 aromatic carbocycles. The fourth-order valence-electron chi connectivity index (χ4n) is 3.13. The Balaban J connectivity index is 1.78. The van der Waals surface area contributed by atoms with Gasteiger partial charge in [-0.25, -0.2) is 0 Å². The van der Waals surface area contributed by atoms with E-state index in [0.717, 1.165) is 16.5 Å². The predicted molar refractivity (Wildman–Crippen MR) is 96.7 cm³/mol. The van der Waals surface area contributed by atoms with Crippen molar-refractivity contribution < 1.29 is 5.11 Å². The third-order valence-electron chi connectivity index (χ3n) is 4.42. The van der Waals surface area contributed by atoms with Crippen molar-refractivity contribution in [2.75, 3.05) is 0 Å². The minimum atomic E-state index is -0.607. The van der Waals surface area contributed by atoms with E-state index in [1.54, 1.807) is 0 Å². The van der Waals surface area contributed by atoms with Crippen LogP contribution in [0.1, 0.15) is 22.8 Å². The summed E-state index contributed by atoms with van der Waals surface area (Å²) in [4.78, 5) is 0. The van der Waals surface area contributed by atoms with Gasteiger partial charge in [0.1, 0.15) is 6.10 Å². The summed E-state index contributed by atoms with van der Waals surface area (Å²) in [6.45, 7) is 2.09. The molecule has 0 heterocycles. The summed E-state index contributed by atoms with van der Waals surface area (Å²) in [6, 6.07) is 26.9. The molecule has 4 rings (SSSR count). The molecule has 23 heavy (non-hydrogen) atoms. The second-order valence-corrected chi connectivity index (χ2v) is 6.12. The Labute approximate surface area is 135 Å². The average molecular weight is 298 g/mol. The van der Waals surface area contributed by atoms with Crippen molar-refractivity contribution in [3.8, 4) is 0 Å². The van der Waals surface area contributed by atoms with Crippen LogP contribution < -0.4 is 0 Å². The molecule has 0 fully saturated rings. The Hall–Kier alpha value is -2.64. The highest BCUT2D eigenvalue weighted by atomic mass is 16.3. The van der Waals surface area contributed by atoms with Crippen LogP contribution in [0.25, 0.3) is 21.5 Å². The number of aliphatic hydroxyl groups is 1. The van der Waals surface area contributed by atoms with Gasteiger partial charge in [-0.1, -0.05) is 72.3 Å². The van der Waals surface area contributed by atoms with E-state index in [1.165, 1.54) is 21.7 Å². The molecule has 0 saturated heterocycles. The number of benzene rings is 4. The molecule has 1 nitrogen and oxygen atoms in total. The third-order valence-corrected chi connectivity index (χ3v) is 4.42. The molecule has 0 aliphatic rings. The van der Waals surface area contributed by atoms with Crippen molar-refractivity contribution in [1.82, 2.24) is 0 Å². The van der Waals surface area contributed by atoms with E-state index in [1.807, 2.05) is 24.3 Å². The molecule has 0 aliphatic heterocycles. The van der Waals surface area contributed by atoms with Crippen LogP contribution in [0.3, 0.4) is 0 Å². The molecular formula is C22H18O. The minimum absolute atomic E-state index is 0.607. The van der Waals surface area contributed by atoms with Gasteiger partial charge in [0.15, 0.2) is 0 Å². The zero-order valence-corrected chi connectivity index (χ0v) is 13.0. The van der Waals surface area contributed by atoms with Crippen LogP contribution in [-0.4, -0.2) is 5.11 Å². The molecule has 1 heteroatoms. The largest absolute Gasteiger partial charge is 0.384 e. The van der Waals surface area contributed by atoms with Gasteiger partial charge in [0.2, 0.25) is 0 Å². The summed E-state index contributed by atoms with van der Waals surface area (Å²) < 4.78 is 0. The maximum atomic E-state index is 10.8. The monoisotopic (exact) mass is 298 g/mol. The van der Waals surface area contributed by atoms with Crippen molar-refractivity contribution in [3.05, 3.63) is 95.6 Å². The first kappa shape index (κ1) is 14.0. The molecule has 1 N–H and O–H groups in total. The second-order valence-electron chi connectivity index (χ2n) is 6.12. The minimum Gasteiger partial charge on any atom is -0.384 e. The van der Waals surface area contributed by atoms with Crippen molar-refractivity contribution >= 4 is 21.5 Å². The van der Waals surface area contributed by atoms with Gasteiger partial charge in [0.25, 0.3) is 0 Å². The third kappa shape index (κ3) is 2.60. The molecule has 1 atom stereocenters. The summed E-state index contributed by atoms with van der Waals surface area (Å²) in [7, 11) is 0. The molecule has 4 aromatic rings. The Kier molecular flexibility index (Phi) is 3.36. The zero-order valence-electron chi connectivity index (χ0n) is 13.0. The fraction of sp³-hybridized carbons (Fsp3) is 0.0909. The first-order valence-corrected chi connectivity index (χ1v) is 7.88. The molecular weight excluding hydrogens is 280 g/mol. The normalized spacial score (nSPS) is 12.6. The van der Waals surface area contributed by atoms with Crippen LogP contribution in [-0.2, 0) is 0 Å². The Morgan fingerprint density at radius 2 is 1.17 bits per heavy atom. The number of aliphatic hydroxyl groups excluding tert-OH is 1. The van der Waals surface area contributed by atoms with Gasteiger partial charge in [-0.15, -0.1) is 0 Å². The number of fused-ring (bicyclic) bond motifs is 2. The molecule has 1 unspecified atom stereocenters. The average Bonchev–Trinajstić information content (AvgIpc) is 2.60. The van der Waals surface area contributed by atoms with Crippen LogP contribution >= 0.6 is 0 Å². The van der Waals surface area contributed by atoms with E-state index < -0.39 is 6.10 Å². The number of hydrogen-bond donors (Lipinski definition) is 1. The van der Waals surface area contributed by atoms with Gasteiger partial charge >= 0.3 is 0 Å². The zero-order chi connectivity index (χ0) is 15.8. The maximum Gasteiger partial charge on any atom is 0.104 e. The van der Waals surface area contributed by atoms with Crippen molar-refractivity contribution in [1.29, 1.82) is 0 Å². The SMILES string of the molecule is Cc1ccc2ccc(C(O)c3ccc4ccccc4c3)cc2c1. The Morgan fingerprint density at radius 1 is 0.609 bits per heavy atom. The number of aryl methyl sites for hydroxylation is 1. The van der Waals surface area contributed by atoms with Crippen LogP contribution in [0.4, 0.5) is 0 Å². The molecule has 0 aromatic heterocycles. The van der Waals surface area contributed by atoms with Gasteiger partial charge in [-0.05, 0) is 51.7 Å². The molecule has 0 saturated carbocycles. The summed E-state index contributed by atoms with van der Waals surface area (Å²) >= 11 is 0. The quantitative estimate of drug-likeness (QED) is 0.526. The smallest absolute Gasteiger partial charge is 0.104 e. The first-order chi connectivity index (χ1) is 11.2.